The van der Waals surface area contributed by atoms with Gasteiger partial charge in [-0.2, -0.15) is 5.10 Å². The van der Waals surface area contributed by atoms with Gasteiger partial charge in [0.05, 0.1) is 17.8 Å². The average molecular weight is 277 g/mol. The van der Waals surface area contributed by atoms with Crippen molar-refractivity contribution in [1.29, 1.82) is 0 Å². The van der Waals surface area contributed by atoms with Gasteiger partial charge in [0.2, 0.25) is 5.91 Å². The molecule has 3 N–H and O–H groups in total. The van der Waals surface area contributed by atoms with E-state index in [1.54, 1.807) is 0 Å². The Balaban J connectivity index is 1.80. The molecule has 3 heterocycles. The van der Waals surface area contributed by atoms with Crippen LogP contribution in [0.2, 0.25) is 0 Å². The molecule has 1 saturated heterocycles. The molecule has 6 nitrogen and oxygen atoms in total. The zero-order chi connectivity index (χ0) is 14.5. The van der Waals surface area contributed by atoms with Crippen LogP contribution >= 0.6 is 0 Å². The van der Waals surface area contributed by atoms with E-state index in [2.05, 4.69) is 36.0 Å². The molecule has 3 rings (SSSR count). The van der Waals surface area contributed by atoms with Crippen LogP contribution in [0.15, 0.2) is 0 Å². The zero-order valence-electron chi connectivity index (χ0n) is 12.4. The first-order valence-electron chi connectivity index (χ1n) is 7.24. The lowest BCUT2D eigenvalue weighted by Crippen LogP contribution is -2.46. The molecule has 0 unspecified atom stereocenters. The highest BCUT2D eigenvalue weighted by Crippen LogP contribution is 2.41. The third-order valence-electron chi connectivity index (χ3n) is 4.84. The molecule has 1 fully saturated rings. The predicted molar refractivity (Wildman–Crippen MR) is 76.8 cm³/mol. The molecule has 6 heteroatoms. The number of nitrogens with zero attached hydrogens (tertiary/aromatic N) is 3. The molecule has 0 aliphatic carbocycles. The van der Waals surface area contributed by atoms with Crippen LogP contribution < -0.4 is 5.73 Å². The number of carbonyl (C=O) groups excluding carboxylic acids is 1. The summed E-state index contributed by atoms with van der Waals surface area (Å²) in [5.41, 5.74) is 7.50. The second kappa shape index (κ2) is 4.48. The Hall–Kier alpha value is -1.56. The van der Waals surface area contributed by atoms with Gasteiger partial charge in [-0.1, -0.05) is 0 Å². The summed E-state index contributed by atoms with van der Waals surface area (Å²) in [5, 5.41) is 7.05. The summed E-state index contributed by atoms with van der Waals surface area (Å²) in [6, 6.07) is 0. The van der Waals surface area contributed by atoms with E-state index in [0.29, 0.717) is 12.4 Å². The van der Waals surface area contributed by atoms with Crippen molar-refractivity contribution in [3.63, 3.8) is 0 Å². The number of likely N-dealkylation sites (tertiary alicyclic amines) is 1. The SMILES string of the molecule is CN1CCC(C(=O)N2Cc3c(N)n[nH]c3C2(C)C)CC1. The molecule has 0 radical (unpaired) electrons. The molecule has 0 spiro atoms. The van der Waals surface area contributed by atoms with Crippen molar-refractivity contribution in [1.82, 2.24) is 20.0 Å². The highest BCUT2D eigenvalue weighted by molar-refractivity contribution is 5.81. The average Bonchev–Trinajstić information content (AvgIpc) is 2.89. The van der Waals surface area contributed by atoms with Crippen LogP contribution in [0.25, 0.3) is 0 Å². The second-order valence-corrected chi connectivity index (χ2v) is 6.52. The second-order valence-electron chi connectivity index (χ2n) is 6.52. The van der Waals surface area contributed by atoms with E-state index in [4.69, 9.17) is 5.73 Å². The number of nitrogens with one attached hydrogen (secondary N) is 1. The number of carbonyl (C=O) groups is 1. The molecule has 2 aliphatic rings. The number of amides is 1. The van der Waals surface area contributed by atoms with Crippen LogP contribution in [0, 0.1) is 5.92 Å². The number of aromatic nitrogens is 2. The van der Waals surface area contributed by atoms with Crippen LogP contribution in [0.5, 0.6) is 0 Å². The van der Waals surface area contributed by atoms with Gasteiger partial charge in [0, 0.05) is 11.5 Å². The van der Waals surface area contributed by atoms with Crippen LogP contribution in [0.3, 0.4) is 0 Å². The lowest BCUT2D eigenvalue weighted by molar-refractivity contribution is -0.142. The van der Waals surface area contributed by atoms with Crippen LogP contribution in [0.4, 0.5) is 5.82 Å². The van der Waals surface area contributed by atoms with Crippen molar-refractivity contribution in [2.75, 3.05) is 25.9 Å². The quantitative estimate of drug-likeness (QED) is 0.800. The molecule has 1 aromatic rings. The number of hydrogen-bond acceptors (Lipinski definition) is 4. The van der Waals surface area contributed by atoms with Gasteiger partial charge in [-0.25, -0.2) is 0 Å². The number of fused-ring (bicyclic) bond motifs is 1. The Bertz CT molecular complexity index is 528. The van der Waals surface area contributed by atoms with Crippen LogP contribution in [-0.4, -0.2) is 46.0 Å². The van der Waals surface area contributed by atoms with Crippen LogP contribution in [0.1, 0.15) is 37.9 Å². The Morgan fingerprint density at radius 1 is 1.40 bits per heavy atom. The molecule has 0 bridgehead atoms. The standard InChI is InChI=1S/C14H23N5O/c1-14(2)11-10(12(15)17-16-11)8-19(14)13(20)9-4-6-18(3)7-5-9/h9H,4-8H2,1-3H3,(H3,15,16,17). The Morgan fingerprint density at radius 3 is 2.65 bits per heavy atom. The maximum atomic E-state index is 12.8. The van der Waals surface area contributed by atoms with Crippen LogP contribution in [-0.2, 0) is 16.9 Å². The molecule has 20 heavy (non-hydrogen) atoms. The topological polar surface area (TPSA) is 78.2 Å². The minimum Gasteiger partial charge on any atom is -0.382 e. The van der Waals surface area contributed by atoms with E-state index < -0.39 is 0 Å². The molecular formula is C14H23N5O. The fourth-order valence-electron chi connectivity index (χ4n) is 3.37. The van der Waals surface area contributed by atoms with Gasteiger partial charge in [-0.3, -0.25) is 9.89 Å². The maximum Gasteiger partial charge on any atom is 0.226 e. The lowest BCUT2D eigenvalue weighted by atomic mass is 9.93. The molecule has 1 amide bonds. The first-order chi connectivity index (χ1) is 9.41. The number of H-pyrrole nitrogens is 1. The summed E-state index contributed by atoms with van der Waals surface area (Å²) in [7, 11) is 2.11. The van der Waals surface area contributed by atoms with Gasteiger partial charge in [0.1, 0.15) is 0 Å². The molecule has 0 atom stereocenters. The lowest BCUT2D eigenvalue weighted by Gasteiger charge is -2.37. The zero-order valence-corrected chi connectivity index (χ0v) is 12.4. The van der Waals surface area contributed by atoms with E-state index in [9.17, 15) is 4.79 Å². The fraction of sp³-hybridized carbons (Fsp3) is 0.714. The maximum absolute atomic E-state index is 12.8. The van der Waals surface area contributed by atoms with Crippen molar-refractivity contribution in [2.24, 2.45) is 5.92 Å². The summed E-state index contributed by atoms with van der Waals surface area (Å²) in [6.45, 7) is 6.70. The number of hydrogen-bond donors (Lipinski definition) is 2. The van der Waals surface area contributed by atoms with Gasteiger partial charge in [-0.15, -0.1) is 0 Å². The van der Waals surface area contributed by atoms with Crippen molar-refractivity contribution in [2.45, 2.75) is 38.8 Å². The van der Waals surface area contributed by atoms with E-state index in [-0.39, 0.29) is 17.4 Å². The smallest absolute Gasteiger partial charge is 0.226 e. The molecule has 110 valence electrons. The molecule has 2 aliphatic heterocycles. The molecule has 0 saturated carbocycles. The van der Waals surface area contributed by atoms with E-state index in [1.807, 2.05) is 4.90 Å². The number of anilines is 1. The normalized spacial score (nSPS) is 23.1. The Morgan fingerprint density at radius 2 is 2.05 bits per heavy atom. The van der Waals surface area contributed by atoms with Crippen molar-refractivity contribution < 1.29 is 4.79 Å². The van der Waals surface area contributed by atoms with Gasteiger partial charge in [0.15, 0.2) is 5.82 Å². The molecular weight excluding hydrogens is 254 g/mol. The highest BCUT2D eigenvalue weighted by atomic mass is 16.2. The fourth-order valence-corrected chi connectivity index (χ4v) is 3.37. The number of rotatable bonds is 1. The Labute approximate surface area is 119 Å². The number of piperidine rings is 1. The van der Waals surface area contributed by atoms with Gasteiger partial charge >= 0.3 is 0 Å². The van der Waals surface area contributed by atoms with Gasteiger partial charge in [-0.05, 0) is 46.8 Å². The summed E-state index contributed by atoms with van der Waals surface area (Å²) in [5.74, 6) is 0.919. The van der Waals surface area contributed by atoms with Gasteiger partial charge < -0.3 is 15.5 Å². The molecule has 0 aromatic carbocycles. The van der Waals surface area contributed by atoms with Gasteiger partial charge in [0.25, 0.3) is 0 Å². The van der Waals surface area contributed by atoms with E-state index in [1.165, 1.54) is 0 Å². The number of nitrogen functional groups attached to an aromatic ring is 1. The summed E-state index contributed by atoms with van der Waals surface area (Å²) in [6.07, 6.45) is 1.90. The largest absolute Gasteiger partial charge is 0.382 e. The third kappa shape index (κ3) is 1.90. The highest BCUT2D eigenvalue weighted by Gasteiger charge is 2.45. The van der Waals surface area contributed by atoms with Crippen molar-refractivity contribution in [3.05, 3.63) is 11.3 Å². The first kappa shape index (κ1) is 13.4. The van der Waals surface area contributed by atoms with Crippen molar-refractivity contribution in [3.8, 4) is 0 Å². The summed E-state index contributed by atoms with van der Waals surface area (Å²) in [4.78, 5) is 17.1. The predicted octanol–water partition coefficient (Wildman–Crippen LogP) is 0.911. The number of nitrogens with two attached hydrogens (primary N) is 1. The minimum atomic E-state index is -0.347. The van der Waals surface area contributed by atoms with E-state index >= 15 is 0 Å². The minimum absolute atomic E-state index is 0.142. The first-order valence-corrected chi connectivity index (χ1v) is 7.24. The van der Waals surface area contributed by atoms with E-state index in [0.717, 1.165) is 37.2 Å². The summed E-state index contributed by atoms with van der Waals surface area (Å²) >= 11 is 0. The monoisotopic (exact) mass is 277 g/mol. The summed E-state index contributed by atoms with van der Waals surface area (Å²) < 4.78 is 0. The Kier molecular flexibility index (Phi) is 3.01. The molecule has 1 aromatic heterocycles. The van der Waals surface area contributed by atoms with Crippen molar-refractivity contribution >= 4 is 11.7 Å². The third-order valence-corrected chi connectivity index (χ3v) is 4.84. The number of aromatic amines is 1.